The van der Waals surface area contributed by atoms with Crippen LogP contribution in [0.3, 0.4) is 0 Å². The molecule has 0 radical (unpaired) electrons. The molecule has 106 valence electrons. The summed E-state index contributed by atoms with van der Waals surface area (Å²) in [5.74, 6) is 1.62. The number of aryl methyl sites for hydroxylation is 1. The second-order valence-corrected chi connectivity index (χ2v) is 5.82. The standard InChI is InChI=1S/C17H23N3/c1-12-17(20-16(11-18)19-12)15-9-7-14(8-10-15)13-5-3-2-4-6-13/h7-10,13H,2-6,11,18H2,1H3,(H,19,20). The molecule has 1 aliphatic carbocycles. The van der Waals surface area contributed by atoms with Gasteiger partial charge in [0.2, 0.25) is 0 Å². The summed E-state index contributed by atoms with van der Waals surface area (Å²) in [4.78, 5) is 7.79. The number of nitrogens with two attached hydrogens (primary N) is 1. The fraction of sp³-hybridized carbons (Fsp3) is 0.471. The van der Waals surface area contributed by atoms with Crippen LogP contribution in [0.1, 0.15) is 55.1 Å². The topological polar surface area (TPSA) is 54.7 Å². The minimum absolute atomic E-state index is 0.459. The first-order chi connectivity index (χ1) is 9.78. The van der Waals surface area contributed by atoms with Crippen molar-refractivity contribution in [3.05, 3.63) is 41.3 Å². The molecule has 1 saturated carbocycles. The third-order valence-corrected chi connectivity index (χ3v) is 4.39. The van der Waals surface area contributed by atoms with E-state index in [0.29, 0.717) is 6.54 Å². The lowest BCUT2D eigenvalue weighted by atomic mass is 9.84. The van der Waals surface area contributed by atoms with Crippen molar-refractivity contribution >= 4 is 0 Å². The number of aromatic nitrogens is 2. The molecule has 2 aromatic rings. The number of H-pyrrole nitrogens is 1. The molecule has 3 N–H and O–H groups in total. The summed E-state index contributed by atoms with van der Waals surface area (Å²) in [5, 5.41) is 0. The Morgan fingerprint density at radius 3 is 2.45 bits per heavy atom. The zero-order valence-electron chi connectivity index (χ0n) is 12.2. The van der Waals surface area contributed by atoms with Crippen LogP contribution in [-0.2, 0) is 6.54 Å². The maximum absolute atomic E-state index is 5.64. The Morgan fingerprint density at radius 1 is 1.15 bits per heavy atom. The average Bonchev–Trinajstić information content (AvgIpc) is 2.89. The van der Waals surface area contributed by atoms with Crippen molar-refractivity contribution in [2.75, 3.05) is 0 Å². The van der Waals surface area contributed by atoms with Crippen LogP contribution in [0, 0.1) is 6.92 Å². The molecule has 0 aliphatic heterocycles. The fourth-order valence-corrected chi connectivity index (χ4v) is 3.25. The van der Waals surface area contributed by atoms with Crippen molar-refractivity contribution in [1.29, 1.82) is 0 Å². The molecular formula is C17H23N3. The summed E-state index contributed by atoms with van der Waals surface area (Å²) >= 11 is 0. The molecule has 1 aromatic carbocycles. The molecule has 0 spiro atoms. The minimum atomic E-state index is 0.459. The van der Waals surface area contributed by atoms with Crippen molar-refractivity contribution in [2.45, 2.75) is 51.5 Å². The molecule has 1 heterocycles. The normalized spacial score (nSPS) is 16.5. The molecule has 3 heteroatoms. The lowest BCUT2D eigenvalue weighted by molar-refractivity contribution is 0.443. The maximum Gasteiger partial charge on any atom is 0.120 e. The Bertz CT molecular complexity index is 562. The van der Waals surface area contributed by atoms with Gasteiger partial charge < -0.3 is 10.7 Å². The zero-order chi connectivity index (χ0) is 13.9. The molecule has 0 atom stereocenters. The second-order valence-electron chi connectivity index (χ2n) is 5.82. The van der Waals surface area contributed by atoms with Gasteiger partial charge in [-0.2, -0.15) is 0 Å². The largest absolute Gasteiger partial charge is 0.344 e. The number of nitrogens with one attached hydrogen (secondary N) is 1. The number of hydrogen-bond acceptors (Lipinski definition) is 2. The lowest BCUT2D eigenvalue weighted by Gasteiger charge is -2.22. The van der Waals surface area contributed by atoms with Crippen LogP contribution in [0.2, 0.25) is 0 Å². The van der Waals surface area contributed by atoms with Gasteiger partial charge in [0.1, 0.15) is 5.82 Å². The fourth-order valence-electron chi connectivity index (χ4n) is 3.25. The summed E-state index contributed by atoms with van der Waals surface area (Å²) in [5.41, 5.74) is 10.4. The molecular weight excluding hydrogens is 246 g/mol. The number of nitrogens with zero attached hydrogens (tertiary/aromatic N) is 1. The summed E-state index contributed by atoms with van der Waals surface area (Å²) < 4.78 is 0. The third-order valence-electron chi connectivity index (χ3n) is 4.39. The van der Waals surface area contributed by atoms with Crippen LogP contribution >= 0.6 is 0 Å². The van der Waals surface area contributed by atoms with Crippen molar-refractivity contribution in [3.8, 4) is 11.3 Å². The highest BCUT2D eigenvalue weighted by Gasteiger charge is 2.16. The monoisotopic (exact) mass is 269 g/mol. The first-order valence-electron chi connectivity index (χ1n) is 7.64. The highest BCUT2D eigenvalue weighted by molar-refractivity contribution is 5.62. The number of rotatable bonds is 3. The van der Waals surface area contributed by atoms with Crippen LogP contribution in [0.15, 0.2) is 24.3 Å². The Kier molecular flexibility index (Phi) is 3.88. The van der Waals surface area contributed by atoms with E-state index in [2.05, 4.69) is 41.2 Å². The van der Waals surface area contributed by atoms with Crippen molar-refractivity contribution in [1.82, 2.24) is 9.97 Å². The second kappa shape index (κ2) is 5.80. The minimum Gasteiger partial charge on any atom is -0.344 e. The van der Waals surface area contributed by atoms with Gasteiger partial charge >= 0.3 is 0 Å². The highest BCUT2D eigenvalue weighted by atomic mass is 15.0. The van der Waals surface area contributed by atoms with Gasteiger partial charge in [0.15, 0.2) is 0 Å². The van der Waals surface area contributed by atoms with Gasteiger partial charge in [0.05, 0.1) is 12.2 Å². The van der Waals surface area contributed by atoms with Gasteiger partial charge in [-0.25, -0.2) is 4.98 Å². The zero-order valence-corrected chi connectivity index (χ0v) is 12.2. The Balaban J connectivity index is 1.83. The summed E-state index contributed by atoms with van der Waals surface area (Å²) in [6.45, 7) is 2.51. The van der Waals surface area contributed by atoms with E-state index in [1.165, 1.54) is 43.2 Å². The van der Waals surface area contributed by atoms with Crippen LogP contribution in [0.4, 0.5) is 0 Å². The molecule has 0 unspecified atom stereocenters. The highest BCUT2D eigenvalue weighted by Crippen LogP contribution is 2.33. The lowest BCUT2D eigenvalue weighted by Crippen LogP contribution is -2.04. The van der Waals surface area contributed by atoms with Gasteiger partial charge in [0, 0.05) is 11.3 Å². The van der Waals surface area contributed by atoms with E-state index in [9.17, 15) is 0 Å². The Hall–Kier alpha value is -1.61. The van der Waals surface area contributed by atoms with Crippen molar-refractivity contribution in [2.24, 2.45) is 5.73 Å². The average molecular weight is 269 g/mol. The van der Waals surface area contributed by atoms with Gasteiger partial charge in [-0.3, -0.25) is 0 Å². The number of imidazole rings is 1. The molecule has 20 heavy (non-hydrogen) atoms. The van der Waals surface area contributed by atoms with Gasteiger partial charge in [-0.05, 0) is 31.2 Å². The van der Waals surface area contributed by atoms with Crippen LogP contribution in [0.5, 0.6) is 0 Å². The van der Waals surface area contributed by atoms with Crippen LogP contribution in [0.25, 0.3) is 11.3 Å². The van der Waals surface area contributed by atoms with E-state index >= 15 is 0 Å². The number of hydrogen-bond donors (Lipinski definition) is 2. The number of benzene rings is 1. The van der Waals surface area contributed by atoms with Gasteiger partial charge in [-0.1, -0.05) is 43.5 Å². The van der Waals surface area contributed by atoms with E-state index in [-0.39, 0.29) is 0 Å². The summed E-state index contributed by atoms with van der Waals surface area (Å²) in [6.07, 6.45) is 6.86. The maximum atomic E-state index is 5.64. The van der Waals surface area contributed by atoms with Gasteiger partial charge in [-0.15, -0.1) is 0 Å². The van der Waals surface area contributed by atoms with Crippen LogP contribution < -0.4 is 5.73 Å². The Morgan fingerprint density at radius 2 is 1.85 bits per heavy atom. The smallest absolute Gasteiger partial charge is 0.120 e. The van der Waals surface area contributed by atoms with E-state index in [1.807, 2.05) is 0 Å². The van der Waals surface area contributed by atoms with E-state index < -0.39 is 0 Å². The third kappa shape index (κ3) is 2.63. The first-order valence-corrected chi connectivity index (χ1v) is 7.64. The van der Waals surface area contributed by atoms with Crippen molar-refractivity contribution in [3.63, 3.8) is 0 Å². The quantitative estimate of drug-likeness (QED) is 0.888. The Labute approximate surface area is 120 Å². The molecule has 0 bridgehead atoms. The summed E-state index contributed by atoms with van der Waals surface area (Å²) in [6, 6.07) is 8.96. The summed E-state index contributed by atoms with van der Waals surface area (Å²) in [7, 11) is 0. The molecule has 1 aromatic heterocycles. The molecule has 3 nitrogen and oxygen atoms in total. The molecule has 0 saturated heterocycles. The molecule has 1 fully saturated rings. The predicted octanol–water partition coefficient (Wildman–Crippen LogP) is 3.89. The molecule has 0 amide bonds. The molecule has 3 rings (SSSR count). The van der Waals surface area contributed by atoms with Gasteiger partial charge in [0.25, 0.3) is 0 Å². The van der Waals surface area contributed by atoms with Crippen LogP contribution in [-0.4, -0.2) is 9.97 Å². The predicted molar refractivity (Wildman–Crippen MR) is 82.5 cm³/mol. The van der Waals surface area contributed by atoms with Crippen molar-refractivity contribution < 1.29 is 0 Å². The first kappa shape index (κ1) is 13.4. The van der Waals surface area contributed by atoms with E-state index in [4.69, 9.17) is 5.73 Å². The SMILES string of the molecule is Cc1[nH]c(CN)nc1-c1ccc(C2CCCCC2)cc1. The molecule has 1 aliphatic rings. The van der Waals surface area contributed by atoms with E-state index in [0.717, 1.165) is 23.1 Å². The van der Waals surface area contributed by atoms with E-state index in [1.54, 1.807) is 0 Å². The number of aromatic amines is 1.